The molecule has 1 heterocycles. The van der Waals surface area contributed by atoms with Crippen molar-refractivity contribution in [2.45, 2.75) is 5.16 Å². The second-order valence-electron chi connectivity index (χ2n) is 5.23. The number of carbonyl (C=O) groups excluding carboxylic acids is 2. The van der Waals surface area contributed by atoms with Crippen molar-refractivity contribution in [2.24, 2.45) is 0 Å². The lowest BCUT2D eigenvalue weighted by Gasteiger charge is -2.11. The number of rotatable bonds is 6. The van der Waals surface area contributed by atoms with Crippen molar-refractivity contribution < 1.29 is 14.0 Å². The third kappa shape index (κ3) is 5.32. The smallest absolute Gasteiger partial charge is 0.234 e. The van der Waals surface area contributed by atoms with E-state index < -0.39 is 11.6 Å². The molecule has 5 nitrogen and oxygen atoms in total. The quantitative estimate of drug-likeness (QED) is 0.447. The van der Waals surface area contributed by atoms with E-state index in [1.165, 1.54) is 42.1 Å². The number of aromatic amines is 1. The minimum atomic E-state index is -0.636. The average molecular weight is 426 g/mol. The first-order chi connectivity index (χ1) is 12.5. The zero-order valence-electron chi connectivity index (χ0n) is 13.7. The highest BCUT2D eigenvalue weighted by atomic mass is 35.5. The van der Waals surface area contributed by atoms with Crippen LogP contribution in [0.25, 0.3) is 0 Å². The van der Waals surface area contributed by atoms with Crippen LogP contribution in [0.5, 0.6) is 0 Å². The third-order valence-corrected chi connectivity index (χ3v) is 4.57. The van der Waals surface area contributed by atoms with Gasteiger partial charge in [0.1, 0.15) is 5.82 Å². The number of carbonyl (C=O) groups is 2. The van der Waals surface area contributed by atoms with Gasteiger partial charge in [0.05, 0.1) is 17.0 Å². The van der Waals surface area contributed by atoms with Gasteiger partial charge in [0.15, 0.2) is 10.9 Å². The van der Waals surface area contributed by atoms with E-state index in [1.807, 2.05) is 0 Å². The largest absolute Gasteiger partial charge is 0.340 e. The Hall–Kier alpha value is -2.35. The molecular weight excluding hydrogens is 412 g/mol. The van der Waals surface area contributed by atoms with Gasteiger partial charge in [-0.15, -0.1) is 12.4 Å². The number of anilines is 1. The summed E-state index contributed by atoms with van der Waals surface area (Å²) < 4.78 is 13.9. The highest BCUT2D eigenvalue weighted by Gasteiger charge is 2.19. The lowest BCUT2D eigenvalue weighted by atomic mass is 10.0. The average Bonchev–Trinajstić information content (AvgIpc) is 3.15. The molecule has 0 radical (unpaired) electrons. The number of imidazole rings is 1. The molecule has 0 fully saturated rings. The van der Waals surface area contributed by atoms with Gasteiger partial charge < -0.3 is 10.3 Å². The highest BCUT2D eigenvalue weighted by molar-refractivity contribution is 7.99. The van der Waals surface area contributed by atoms with Gasteiger partial charge in [-0.2, -0.15) is 0 Å². The van der Waals surface area contributed by atoms with Crippen LogP contribution in [0.3, 0.4) is 0 Å². The second-order valence-corrected chi connectivity index (χ2v) is 6.63. The summed E-state index contributed by atoms with van der Waals surface area (Å²) in [6.45, 7) is 0. The topological polar surface area (TPSA) is 74.8 Å². The standard InChI is InChI=1S/C18H13ClFN3O2S.ClH/c19-11-5-6-15(23-16(24)10-26-18-21-7-8-22-18)13(9-11)17(25)12-3-1-2-4-14(12)20;/h1-9H,10H2,(H,21,22)(H,23,24);1H. The number of amides is 1. The van der Waals surface area contributed by atoms with Crippen LogP contribution < -0.4 is 5.32 Å². The molecule has 0 saturated heterocycles. The molecule has 0 aliphatic rings. The Bertz CT molecular complexity index is 952. The number of hydrogen-bond acceptors (Lipinski definition) is 4. The van der Waals surface area contributed by atoms with E-state index in [4.69, 9.17) is 11.6 Å². The first kappa shape index (κ1) is 21.0. The summed E-state index contributed by atoms with van der Waals surface area (Å²) in [6, 6.07) is 10.1. The van der Waals surface area contributed by atoms with Gasteiger partial charge in [-0.05, 0) is 30.3 Å². The molecule has 0 unspecified atom stereocenters. The Morgan fingerprint density at radius 2 is 1.96 bits per heavy atom. The summed E-state index contributed by atoms with van der Waals surface area (Å²) >= 11 is 7.20. The Balaban J connectivity index is 0.00000261. The number of halogens is 3. The lowest BCUT2D eigenvalue weighted by molar-refractivity contribution is -0.113. The number of nitrogens with one attached hydrogen (secondary N) is 2. The van der Waals surface area contributed by atoms with E-state index in [1.54, 1.807) is 24.5 Å². The number of H-pyrrole nitrogens is 1. The molecule has 2 aromatic carbocycles. The molecule has 1 aromatic heterocycles. The molecule has 0 aliphatic carbocycles. The number of ketones is 1. The minimum Gasteiger partial charge on any atom is -0.340 e. The maximum absolute atomic E-state index is 13.9. The Kier molecular flexibility index (Phi) is 7.41. The number of benzene rings is 2. The Morgan fingerprint density at radius 3 is 2.67 bits per heavy atom. The summed E-state index contributed by atoms with van der Waals surface area (Å²) in [5, 5.41) is 3.59. The molecule has 9 heteroatoms. The fourth-order valence-electron chi connectivity index (χ4n) is 2.25. The molecular formula is C18H14Cl2FN3O2S. The van der Waals surface area contributed by atoms with Gasteiger partial charge in [-0.1, -0.05) is 35.5 Å². The monoisotopic (exact) mass is 425 g/mol. The molecule has 0 aliphatic heterocycles. The maximum atomic E-state index is 13.9. The molecule has 3 aromatic rings. The third-order valence-electron chi connectivity index (χ3n) is 3.43. The van der Waals surface area contributed by atoms with Crippen LogP contribution in [-0.4, -0.2) is 27.4 Å². The van der Waals surface area contributed by atoms with Crippen molar-refractivity contribution in [3.8, 4) is 0 Å². The van der Waals surface area contributed by atoms with E-state index in [-0.39, 0.29) is 40.9 Å². The Morgan fingerprint density at radius 1 is 1.19 bits per heavy atom. The summed E-state index contributed by atoms with van der Waals surface area (Å²) in [7, 11) is 0. The van der Waals surface area contributed by atoms with Crippen molar-refractivity contribution in [3.05, 3.63) is 76.8 Å². The van der Waals surface area contributed by atoms with Crippen LogP contribution in [0.1, 0.15) is 15.9 Å². The van der Waals surface area contributed by atoms with E-state index in [0.717, 1.165) is 0 Å². The lowest BCUT2D eigenvalue weighted by Crippen LogP contribution is -2.17. The zero-order valence-corrected chi connectivity index (χ0v) is 16.1. The fourth-order valence-corrected chi connectivity index (χ4v) is 3.05. The van der Waals surface area contributed by atoms with Crippen molar-refractivity contribution in [2.75, 3.05) is 11.1 Å². The normalized spacial score (nSPS) is 10.1. The van der Waals surface area contributed by atoms with Crippen LogP contribution in [0.4, 0.5) is 10.1 Å². The van der Waals surface area contributed by atoms with Crippen LogP contribution in [0, 0.1) is 5.82 Å². The van der Waals surface area contributed by atoms with Gasteiger partial charge in [-0.3, -0.25) is 9.59 Å². The first-order valence-corrected chi connectivity index (χ1v) is 8.92. The number of nitrogens with zero attached hydrogens (tertiary/aromatic N) is 1. The minimum absolute atomic E-state index is 0. The zero-order chi connectivity index (χ0) is 18.5. The molecule has 0 saturated carbocycles. The SMILES string of the molecule is Cl.O=C(CSc1ncc[nH]1)Nc1ccc(Cl)cc1C(=O)c1ccccc1F. The van der Waals surface area contributed by atoms with Gasteiger partial charge in [0, 0.05) is 23.0 Å². The predicted octanol–water partition coefficient (Wildman–Crippen LogP) is 4.59. The van der Waals surface area contributed by atoms with Crippen LogP contribution >= 0.6 is 35.8 Å². The highest BCUT2D eigenvalue weighted by Crippen LogP contribution is 2.25. The van der Waals surface area contributed by atoms with Gasteiger partial charge in [-0.25, -0.2) is 9.37 Å². The predicted molar refractivity (Wildman–Crippen MR) is 106 cm³/mol. The first-order valence-electron chi connectivity index (χ1n) is 7.55. The molecule has 2 N–H and O–H groups in total. The maximum Gasteiger partial charge on any atom is 0.234 e. The summed E-state index contributed by atoms with van der Waals surface area (Å²) in [4.78, 5) is 31.8. The molecule has 3 rings (SSSR count). The number of hydrogen-bond donors (Lipinski definition) is 2. The molecule has 0 spiro atoms. The van der Waals surface area contributed by atoms with Crippen molar-refractivity contribution in [1.82, 2.24) is 9.97 Å². The van der Waals surface area contributed by atoms with Gasteiger partial charge in [0.25, 0.3) is 0 Å². The van der Waals surface area contributed by atoms with Crippen LogP contribution in [-0.2, 0) is 4.79 Å². The van der Waals surface area contributed by atoms with E-state index >= 15 is 0 Å². The van der Waals surface area contributed by atoms with Crippen molar-refractivity contribution in [3.63, 3.8) is 0 Å². The summed E-state index contributed by atoms with van der Waals surface area (Å²) in [5.74, 6) is -1.41. The molecule has 1 amide bonds. The summed E-state index contributed by atoms with van der Waals surface area (Å²) in [5.41, 5.74) is 0.307. The van der Waals surface area contributed by atoms with E-state index in [0.29, 0.717) is 10.2 Å². The summed E-state index contributed by atoms with van der Waals surface area (Å²) in [6.07, 6.45) is 3.25. The molecule has 0 atom stereocenters. The molecule has 0 bridgehead atoms. The second kappa shape index (κ2) is 9.55. The number of thioether (sulfide) groups is 1. The molecule has 27 heavy (non-hydrogen) atoms. The molecule has 140 valence electrons. The Labute approximate surface area is 170 Å². The van der Waals surface area contributed by atoms with Gasteiger partial charge in [0.2, 0.25) is 5.91 Å². The van der Waals surface area contributed by atoms with Crippen molar-refractivity contribution >= 4 is 53.1 Å². The van der Waals surface area contributed by atoms with Crippen LogP contribution in [0.2, 0.25) is 5.02 Å². The van der Waals surface area contributed by atoms with Crippen molar-refractivity contribution in [1.29, 1.82) is 0 Å². The fraction of sp³-hybridized carbons (Fsp3) is 0.0556. The number of aromatic nitrogens is 2. The van der Waals surface area contributed by atoms with E-state index in [9.17, 15) is 14.0 Å². The van der Waals surface area contributed by atoms with Crippen LogP contribution in [0.15, 0.2) is 60.0 Å². The van der Waals surface area contributed by atoms with E-state index in [2.05, 4.69) is 15.3 Å². The van der Waals surface area contributed by atoms with Gasteiger partial charge >= 0.3 is 0 Å².